The molecule has 1 amide bonds. The number of carbonyl (C=O) groups is 1. The fourth-order valence-corrected chi connectivity index (χ4v) is 4.39. The summed E-state index contributed by atoms with van der Waals surface area (Å²) in [6.07, 6.45) is 4.35. The molecule has 0 aliphatic carbocycles. The number of ether oxygens (including phenoxy) is 3. The number of amides is 1. The molecular formula is C34H36N4O4. The molecule has 2 aromatic carbocycles. The number of nitrogens with zero attached hydrogens (tertiary/aromatic N) is 3. The van der Waals surface area contributed by atoms with Gasteiger partial charge in [-0.3, -0.25) is 0 Å². The van der Waals surface area contributed by atoms with Crippen LogP contribution in [0.5, 0.6) is 11.8 Å². The maximum absolute atomic E-state index is 12.4. The lowest BCUT2D eigenvalue weighted by molar-refractivity contribution is 0.0270. The molecule has 5 rings (SSSR count). The molecule has 42 heavy (non-hydrogen) atoms. The Morgan fingerprint density at radius 2 is 1.57 bits per heavy atom. The number of hydrogen-bond donors (Lipinski definition) is 1. The van der Waals surface area contributed by atoms with Crippen LogP contribution in [0.1, 0.15) is 43.9 Å². The molecule has 8 nitrogen and oxygen atoms in total. The third-order valence-corrected chi connectivity index (χ3v) is 6.54. The van der Waals surface area contributed by atoms with E-state index < -0.39 is 5.60 Å². The normalized spacial score (nSPS) is 13.2. The van der Waals surface area contributed by atoms with Crippen molar-refractivity contribution in [1.82, 2.24) is 14.9 Å². The number of benzene rings is 2. The second-order valence-corrected chi connectivity index (χ2v) is 11.0. The van der Waals surface area contributed by atoms with E-state index in [4.69, 9.17) is 14.2 Å². The van der Waals surface area contributed by atoms with Crippen LogP contribution in [0.3, 0.4) is 0 Å². The van der Waals surface area contributed by atoms with Crippen LogP contribution in [0.25, 0.3) is 5.57 Å². The molecule has 4 aromatic rings. The Labute approximate surface area is 247 Å². The first-order valence-corrected chi connectivity index (χ1v) is 14.1. The highest BCUT2D eigenvalue weighted by atomic mass is 16.6. The highest BCUT2D eigenvalue weighted by Crippen LogP contribution is 2.30. The third-order valence-electron chi connectivity index (χ3n) is 6.54. The van der Waals surface area contributed by atoms with E-state index in [1.165, 1.54) is 0 Å². The van der Waals surface area contributed by atoms with Gasteiger partial charge in [0.05, 0.1) is 0 Å². The quantitative estimate of drug-likeness (QED) is 0.227. The SMILES string of the molecule is CC(C)(C)OC(=O)N1CC=C(c2ccc(Nc3ccc(OCc4ccccc4)nc3OCc3ccccc3)nc2)CC1. The summed E-state index contributed by atoms with van der Waals surface area (Å²) in [5.74, 6) is 1.56. The average Bonchev–Trinajstić information content (AvgIpc) is 3.00. The van der Waals surface area contributed by atoms with Crippen LogP contribution < -0.4 is 14.8 Å². The Morgan fingerprint density at radius 1 is 0.881 bits per heavy atom. The number of nitrogens with one attached hydrogen (secondary N) is 1. The van der Waals surface area contributed by atoms with Crippen molar-refractivity contribution in [3.63, 3.8) is 0 Å². The molecule has 1 aliphatic rings. The zero-order valence-corrected chi connectivity index (χ0v) is 24.2. The Balaban J connectivity index is 1.26. The van der Waals surface area contributed by atoms with Gasteiger partial charge >= 0.3 is 6.09 Å². The van der Waals surface area contributed by atoms with Gasteiger partial charge in [-0.25, -0.2) is 9.78 Å². The van der Waals surface area contributed by atoms with Gasteiger partial charge in [0.25, 0.3) is 0 Å². The van der Waals surface area contributed by atoms with Gasteiger partial charge in [-0.1, -0.05) is 66.7 Å². The molecule has 3 heterocycles. The van der Waals surface area contributed by atoms with Gasteiger partial charge in [-0.05, 0) is 67.7 Å². The Hall–Kier alpha value is -4.85. The zero-order valence-electron chi connectivity index (χ0n) is 24.2. The number of pyridine rings is 2. The van der Waals surface area contributed by atoms with Crippen molar-refractivity contribution in [1.29, 1.82) is 0 Å². The number of hydrogen-bond acceptors (Lipinski definition) is 7. The Kier molecular flexibility index (Phi) is 9.02. The third kappa shape index (κ3) is 8.10. The first-order valence-electron chi connectivity index (χ1n) is 14.1. The minimum atomic E-state index is -0.509. The molecule has 0 radical (unpaired) electrons. The molecule has 0 bridgehead atoms. The highest BCUT2D eigenvalue weighted by molar-refractivity contribution is 5.73. The molecule has 0 saturated carbocycles. The maximum atomic E-state index is 12.4. The Bertz CT molecular complexity index is 1500. The second-order valence-electron chi connectivity index (χ2n) is 11.0. The van der Waals surface area contributed by atoms with Crippen molar-refractivity contribution < 1.29 is 19.0 Å². The molecule has 2 aromatic heterocycles. The van der Waals surface area contributed by atoms with Crippen LogP contribution in [-0.2, 0) is 18.0 Å². The molecule has 0 fully saturated rings. The minimum absolute atomic E-state index is 0.286. The Morgan fingerprint density at radius 3 is 2.17 bits per heavy atom. The fourth-order valence-electron chi connectivity index (χ4n) is 4.39. The van der Waals surface area contributed by atoms with Gasteiger partial charge in [0.1, 0.15) is 30.3 Å². The number of carbonyl (C=O) groups excluding carboxylic acids is 1. The van der Waals surface area contributed by atoms with Gasteiger partial charge in [-0.15, -0.1) is 0 Å². The van der Waals surface area contributed by atoms with E-state index in [9.17, 15) is 4.79 Å². The summed E-state index contributed by atoms with van der Waals surface area (Å²) >= 11 is 0. The van der Waals surface area contributed by atoms with Crippen LogP contribution in [0.2, 0.25) is 0 Å². The molecular weight excluding hydrogens is 528 g/mol. The fraction of sp³-hybridized carbons (Fsp3) is 0.265. The summed E-state index contributed by atoms with van der Waals surface area (Å²) in [6, 6.07) is 27.6. The summed E-state index contributed by atoms with van der Waals surface area (Å²) in [5, 5.41) is 3.34. The number of aromatic nitrogens is 2. The summed E-state index contributed by atoms with van der Waals surface area (Å²) in [5.41, 5.74) is 4.45. The van der Waals surface area contributed by atoms with E-state index in [2.05, 4.69) is 21.4 Å². The predicted octanol–water partition coefficient (Wildman–Crippen LogP) is 7.40. The van der Waals surface area contributed by atoms with Gasteiger partial charge in [0, 0.05) is 25.4 Å². The lowest BCUT2D eigenvalue weighted by Crippen LogP contribution is -2.39. The lowest BCUT2D eigenvalue weighted by Gasteiger charge is -2.29. The number of rotatable bonds is 9. The summed E-state index contributed by atoms with van der Waals surface area (Å²) in [7, 11) is 0. The van der Waals surface area contributed by atoms with Crippen molar-refractivity contribution in [3.8, 4) is 11.8 Å². The van der Waals surface area contributed by atoms with E-state index in [1.54, 1.807) is 4.90 Å². The van der Waals surface area contributed by atoms with Crippen LogP contribution in [-0.4, -0.2) is 39.7 Å². The molecule has 0 unspecified atom stereocenters. The zero-order chi connectivity index (χ0) is 29.4. The van der Waals surface area contributed by atoms with Crippen LogP contribution in [0.15, 0.2) is 97.2 Å². The lowest BCUT2D eigenvalue weighted by atomic mass is 10.0. The van der Waals surface area contributed by atoms with Crippen molar-refractivity contribution in [3.05, 3.63) is 114 Å². The first kappa shape index (κ1) is 28.7. The molecule has 8 heteroatoms. The molecule has 0 spiro atoms. The van der Waals surface area contributed by atoms with Crippen molar-refractivity contribution in [2.24, 2.45) is 0 Å². The van der Waals surface area contributed by atoms with Crippen LogP contribution in [0.4, 0.5) is 16.3 Å². The van der Waals surface area contributed by atoms with Crippen molar-refractivity contribution in [2.45, 2.75) is 46.0 Å². The van der Waals surface area contributed by atoms with E-state index in [-0.39, 0.29) is 6.09 Å². The molecule has 216 valence electrons. The second kappa shape index (κ2) is 13.2. The molecule has 0 atom stereocenters. The molecule has 1 N–H and O–H groups in total. The minimum Gasteiger partial charge on any atom is -0.473 e. The van der Waals surface area contributed by atoms with Crippen LogP contribution >= 0.6 is 0 Å². The smallest absolute Gasteiger partial charge is 0.410 e. The average molecular weight is 565 g/mol. The van der Waals surface area contributed by atoms with E-state index in [1.807, 2.05) is 112 Å². The predicted molar refractivity (Wildman–Crippen MR) is 164 cm³/mol. The van der Waals surface area contributed by atoms with Crippen molar-refractivity contribution >= 4 is 23.2 Å². The van der Waals surface area contributed by atoms with Gasteiger partial charge < -0.3 is 24.4 Å². The number of anilines is 2. The first-order chi connectivity index (χ1) is 20.3. The van der Waals surface area contributed by atoms with E-state index in [0.717, 1.165) is 28.7 Å². The summed E-state index contributed by atoms with van der Waals surface area (Å²) in [4.78, 5) is 23.4. The molecule has 1 aliphatic heterocycles. The van der Waals surface area contributed by atoms with Gasteiger partial charge in [-0.2, -0.15) is 4.98 Å². The van der Waals surface area contributed by atoms with Gasteiger partial charge in [0.2, 0.25) is 11.8 Å². The van der Waals surface area contributed by atoms with Gasteiger partial charge in [0.15, 0.2) is 0 Å². The highest BCUT2D eigenvalue weighted by Gasteiger charge is 2.24. The van der Waals surface area contributed by atoms with E-state index in [0.29, 0.717) is 49.6 Å². The monoisotopic (exact) mass is 564 g/mol. The maximum Gasteiger partial charge on any atom is 0.410 e. The summed E-state index contributed by atoms with van der Waals surface area (Å²) in [6.45, 7) is 7.52. The standard InChI is InChI=1S/C34H36N4O4/c1-34(2,3)42-33(39)38-20-18-27(19-21-38)28-14-16-30(35-22-28)36-29-15-17-31(40-23-25-10-6-4-7-11-25)37-32(29)41-24-26-12-8-5-9-13-26/h4-18,22H,19-21,23-24H2,1-3H3,(H,35,36). The topological polar surface area (TPSA) is 85.8 Å². The van der Waals surface area contributed by atoms with Crippen LogP contribution in [0, 0.1) is 0 Å². The largest absolute Gasteiger partial charge is 0.473 e. The summed E-state index contributed by atoms with van der Waals surface area (Å²) < 4.78 is 17.6. The van der Waals surface area contributed by atoms with E-state index >= 15 is 0 Å². The van der Waals surface area contributed by atoms with Crippen molar-refractivity contribution in [2.75, 3.05) is 18.4 Å². The molecule has 0 saturated heterocycles.